The summed E-state index contributed by atoms with van der Waals surface area (Å²) >= 11 is 0. The van der Waals surface area contributed by atoms with Gasteiger partial charge in [0.15, 0.2) is 0 Å². The minimum Gasteiger partial charge on any atom is -0.389 e. The highest BCUT2D eigenvalue weighted by Crippen LogP contribution is 2.29. The van der Waals surface area contributed by atoms with E-state index < -0.39 is 0 Å². The van der Waals surface area contributed by atoms with E-state index in [1.807, 2.05) is 7.05 Å². The van der Waals surface area contributed by atoms with Crippen molar-refractivity contribution >= 4 is 0 Å². The molecule has 0 saturated heterocycles. The quantitative estimate of drug-likeness (QED) is 0.361. The zero-order valence-electron chi connectivity index (χ0n) is 20.6. The van der Waals surface area contributed by atoms with E-state index in [1.165, 1.54) is 24.0 Å². The average Bonchev–Trinajstić information content (AvgIpc) is 2.81. The SMILES string of the molecule is C=CNC(C(=C)NC)N(C)C(C)(C)c1ccc(C#Cc2ccc(C(C)CCC)cc2)cc1. The lowest BCUT2D eigenvalue weighted by molar-refractivity contribution is 0.103. The number of hydrogen-bond acceptors (Lipinski definition) is 3. The van der Waals surface area contributed by atoms with Gasteiger partial charge in [0.25, 0.3) is 0 Å². The van der Waals surface area contributed by atoms with Crippen molar-refractivity contribution in [3.05, 3.63) is 95.8 Å². The molecule has 2 unspecified atom stereocenters. The molecule has 3 nitrogen and oxygen atoms in total. The van der Waals surface area contributed by atoms with Crippen LogP contribution >= 0.6 is 0 Å². The van der Waals surface area contributed by atoms with Crippen LogP contribution in [-0.4, -0.2) is 25.2 Å². The van der Waals surface area contributed by atoms with Crippen molar-refractivity contribution in [3.63, 3.8) is 0 Å². The molecule has 0 aliphatic heterocycles. The van der Waals surface area contributed by atoms with Gasteiger partial charge in [0.05, 0.1) is 0 Å². The van der Waals surface area contributed by atoms with E-state index in [2.05, 4.69) is 124 Å². The molecule has 0 amide bonds. The zero-order valence-corrected chi connectivity index (χ0v) is 20.6. The van der Waals surface area contributed by atoms with Gasteiger partial charge in [0, 0.05) is 29.4 Å². The molecule has 0 aromatic heterocycles. The first-order valence-corrected chi connectivity index (χ1v) is 11.4. The Kier molecular flexibility index (Phi) is 9.17. The van der Waals surface area contributed by atoms with E-state index in [0.29, 0.717) is 5.92 Å². The van der Waals surface area contributed by atoms with E-state index in [4.69, 9.17) is 0 Å². The smallest absolute Gasteiger partial charge is 0.120 e. The first-order chi connectivity index (χ1) is 15.2. The van der Waals surface area contributed by atoms with Crippen LogP contribution in [0.5, 0.6) is 0 Å². The third kappa shape index (κ3) is 6.28. The Hall–Kier alpha value is -2.96. The molecule has 0 heterocycles. The van der Waals surface area contributed by atoms with E-state index in [1.54, 1.807) is 6.20 Å². The van der Waals surface area contributed by atoms with Crippen LogP contribution in [0.15, 0.2) is 73.6 Å². The van der Waals surface area contributed by atoms with Crippen LogP contribution in [0.1, 0.15) is 68.7 Å². The molecule has 0 spiro atoms. The van der Waals surface area contributed by atoms with Gasteiger partial charge in [-0.15, -0.1) is 0 Å². The van der Waals surface area contributed by atoms with Crippen molar-refractivity contribution in [2.24, 2.45) is 0 Å². The molecule has 0 saturated carbocycles. The van der Waals surface area contributed by atoms with Gasteiger partial charge in [0.2, 0.25) is 0 Å². The van der Waals surface area contributed by atoms with Gasteiger partial charge in [-0.25, -0.2) is 0 Å². The summed E-state index contributed by atoms with van der Waals surface area (Å²) in [7, 11) is 3.97. The van der Waals surface area contributed by atoms with Crippen molar-refractivity contribution in [2.75, 3.05) is 14.1 Å². The summed E-state index contributed by atoms with van der Waals surface area (Å²) in [5.41, 5.74) is 5.31. The lowest BCUT2D eigenvalue weighted by Gasteiger charge is -2.42. The molecule has 2 atom stereocenters. The molecular weight excluding hydrogens is 390 g/mol. The summed E-state index contributed by atoms with van der Waals surface area (Å²) < 4.78 is 0. The Bertz CT molecular complexity index is 943. The van der Waals surface area contributed by atoms with Crippen LogP contribution in [0.2, 0.25) is 0 Å². The predicted molar refractivity (Wildman–Crippen MR) is 138 cm³/mol. The van der Waals surface area contributed by atoms with Gasteiger partial charge in [-0.2, -0.15) is 0 Å². The number of rotatable bonds is 10. The third-order valence-electron chi connectivity index (χ3n) is 6.34. The van der Waals surface area contributed by atoms with Gasteiger partial charge < -0.3 is 10.6 Å². The largest absolute Gasteiger partial charge is 0.389 e. The minimum atomic E-state index is -0.225. The fraction of sp³-hybridized carbons (Fsp3) is 0.379. The highest BCUT2D eigenvalue weighted by molar-refractivity contribution is 5.45. The second-order valence-corrected chi connectivity index (χ2v) is 8.86. The van der Waals surface area contributed by atoms with E-state index in [9.17, 15) is 0 Å². The lowest BCUT2D eigenvalue weighted by atomic mass is 9.91. The molecule has 2 aromatic carbocycles. The molecule has 2 rings (SSSR count). The molecule has 0 radical (unpaired) electrons. The Morgan fingerprint density at radius 2 is 1.59 bits per heavy atom. The Labute approximate surface area is 195 Å². The molecular formula is C29H39N3. The maximum Gasteiger partial charge on any atom is 0.120 e. The Morgan fingerprint density at radius 3 is 2.06 bits per heavy atom. The normalized spacial score (nSPS) is 13.0. The zero-order chi connectivity index (χ0) is 23.7. The van der Waals surface area contributed by atoms with Gasteiger partial charge in [0.1, 0.15) is 6.17 Å². The standard InChI is InChI=1S/C29H39N3/c1-9-11-22(3)26-18-14-24(15-19-26)12-13-25-16-20-27(21-17-25)29(5,6)32(8)28(31-10-2)23(4)30-7/h10,14-22,28,30-31H,2,4,9,11H2,1,3,5-8H3. The van der Waals surface area contributed by atoms with Crippen LogP contribution < -0.4 is 10.6 Å². The summed E-state index contributed by atoms with van der Waals surface area (Å²) in [5, 5.41) is 6.43. The molecule has 0 aliphatic carbocycles. The van der Waals surface area contributed by atoms with Crippen molar-refractivity contribution in [1.29, 1.82) is 0 Å². The molecule has 2 aromatic rings. The van der Waals surface area contributed by atoms with Gasteiger partial charge in [-0.05, 0) is 74.8 Å². The second kappa shape index (κ2) is 11.6. The monoisotopic (exact) mass is 429 g/mol. The minimum absolute atomic E-state index is 0.0741. The number of nitrogens with one attached hydrogen (secondary N) is 2. The maximum absolute atomic E-state index is 4.13. The number of hydrogen-bond donors (Lipinski definition) is 2. The fourth-order valence-corrected chi connectivity index (χ4v) is 3.82. The van der Waals surface area contributed by atoms with Gasteiger partial charge in [-0.3, -0.25) is 4.90 Å². The summed E-state index contributed by atoms with van der Waals surface area (Å²) in [6.07, 6.45) is 4.06. The van der Waals surface area contributed by atoms with E-state index in [0.717, 1.165) is 16.8 Å². The summed E-state index contributed by atoms with van der Waals surface area (Å²) in [6.45, 7) is 16.9. The molecule has 0 bridgehead atoms. The topological polar surface area (TPSA) is 27.3 Å². The highest BCUT2D eigenvalue weighted by Gasteiger charge is 2.31. The van der Waals surface area contributed by atoms with Crippen LogP contribution in [0, 0.1) is 11.8 Å². The van der Waals surface area contributed by atoms with E-state index >= 15 is 0 Å². The fourth-order valence-electron chi connectivity index (χ4n) is 3.82. The number of nitrogens with zero attached hydrogens (tertiary/aromatic N) is 1. The average molecular weight is 430 g/mol. The second-order valence-electron chi connectivity index (χ2n) is 8.86. The molecule has 0 fully saturated rings. The van der Waals surface area contributed by atoms with Gasteiger partial charge in [-0.1, -0.05) is 69.5 Å². The summed E-state index contributed by atoms with van der Waals surface area (Å²) in [4.78, 5) is 2.25. The van der Waals surface area contributed by atoms with Gasteiger partial charge >= 0.3 is 0 Å². The highest BCUT2D eigenvalue weighted by atomic mass is 15.3. The molecule has 3 heteroatoms. The third-order valence-corrected chi connectivity index (χ3v) is 6.34. The summed E-state index contributed by atoms with van der Waals surface area (Å²) in [6, 6.07) is 17.2. The van der Waals surface area contributed by atoms with Crippen molar-refractivity contribution < 1.29 is 0 Å². The number of benzene rings is 2. The molecule has 32 heavy (non-hydrogen) atoms. The van der Waals surface area contributed by atoms with Crippen LogP contribution in [-0.2, 0) is 5.54 Å². The van der Waals surface area contributed by atoms with Crippen LogP contribution in [0.4, 0.5) is 0 Å². The van der Waals surface area contributed by atoms with Crippen molar-refractivity contribution in [2.45, 2.75) is 58.2 Å². The molecule has 0 aliphatic rings. The van der Waals surface area contributed by atoms with Crippen LogP contribution in [0.25, 0.3) is 0 Å². The van der Waals surface area contributed by atoms with Crippen molar-refractivity contribution in [1.82, 2.24) is 15.5 Å². The van der Waals surface area contributed by atoms with E-state index in [-0.39, 0.29) is 11.7 Å². The molecule has 2 N–H and O–H groups in total. The predicted octanol–water partition coefficient (Wildman–Crippen LogP) is 5.95. The Morgan fingerprint density at radius 1 is 1.06 bits per heavy atom. The summed E-state index contributed by atoms with van der Waals surface area (Å²) in [5.74, 6) is 7.20. The lowest BCUT2D eigenvalue weighted by Crippen LogP contribution is -2.53. The maximum atomic E-state index is 4.13. The van der Waals surface area contributed by atoms with Crippen molar-refractivity contribution in [3.8, 4) is 11.8 Å². The molecule has 170 valence electrons. The number of likely N-dealkylation sites (N-methyl/N-ethyl adjacent to an activating group) is 2. The van der Waals surface area contributed by atoms with Crippen LogP contribution in [0.3, 0.4) is 0 Å². The first-order valence-electron chi connectivity index (χ1n) is 11.4. The first kappa shape index (κ1) is 25.3. The Balaban J connectivity index is 2.16.